The zero-order valence-electron chi connectivity index (χ0n) is 10.4. The van der Waals surface area contributed by atoms with Crippen LogP contribution in [-0.2, 0) is 6.54 Å². The number of pyridine rings is 1. The first-order valence-corrected chi connectivity index (χ1v) is 6.84. The summed E-state index contributed by atoms with van der Waals surface area (Å²) in [6.45, 7) is 0.825. The minimum Gasteiger partial charge on any atom is -0.377 e. The zero-order chi connectivity index (χ0) is 13.1. The fourth-order valence-corrected chi connectivity index (χ4v) is 2.51. The fraction of sp³-hybridized carbons (Fsp3) is 0.214. The fourth-order valence-electron chi connectivity index (χ4n) is 1.70. The van der Waals surface area contributed by atoms with Gasteiger partial charge in [-0.3, -0.25) is 0 Å². The highest BCUT2D eigenvalue weighted by molar-refractivity contribution is 9.10. The minimum atomic E-state index is 0.749. The van der Waals surface area contributed by atoms with Crippen molar-refractivity contribution in [3.05, 3.63) is 57.8 Å². The van der Waals surface area contributed by atoms with Gasteiger partial charge in [0.1, 0.15) is 0 Å². The van der Waals surface area contributed by atoms with Gasteiger partial charge in [0, 0.05) is 47.0 Å². The van der Waals surface area contributed by atoms with Gasteiger partial charge in [0.2, 0.25) is 0 Å². The third-order valence-corrected chi connectivity index (χ3v) is 3.73. The largest absolute Gasteiger partial charge is 0.377 e. The smallest absolute Gasteiger partial charge is 0.174 e. The number of benzene rings is 1. The Hall–Kier alpha value is -1.06. The average Bonchev–Trinajstić information content (AvgIpc) is 2.33. The lowest BCUT2D eigenvalue weighted by Gasteiger charge is -2.10. The highest BCUT2D eigenvalue weighted by Crippen LogP contribution is 2.21. The summed E-state index contributed by atoms with van der Waals surface area (Å²) in [4.78, 5) is 2.09. The van der Waals surface area contributed by atoms with E-state index in [1.165, 1.54) is 11.3 Å². The lowest BCUT2D eigenvalue weighted by Crippen LogP contribution is -2.33. The van der Waals surface area contributed by atoms with Crippen LogP contribution in [0.25, 0.3) is 0 Å². The zero-order valence-corrected chi connectivity index (χ0v) is 12.7. The highest BCUT2D eigenvalue weighted by atomic mass is 79.9. The first kappa shape index (κ1) is 13.4. The standard InChI is InChI=1S/C14H15BrClN2/c1-17(2)13-5-7-18(8-6-13)10-11-3-4-12(16)9-14(11)15/h3-9H,10H2,1-2H3/q+1. The van der Waals surface area contributed by atoms with Crippen molar-refractivity contribution in [2.24, 2.45) is 0 Å². The van der Waals surface area contributed by atoms with Gasteiger partial charge in [0.25, 0.3) is 0 Å². The summed E-state index contributed by atoms with van der Waals surface area (Å²) >= 11 is 9.47. The molecule has 0 aliphatic carbocycles. The minimum absolute atomic E-state index is 0.749. The van der Waals surface area contributed by atoms with Gasteiger partial charge in [0.05, 0.1) is 0 Å². The van der Waals surface area contributed by atoms with Crippen molar-refractivity contribution >= 4 is 33.2 Å². The molecule has 2 aromatic rings. The predicted octanol–water partition coefficient (Wildman–Crippen LogP) is 3.50. The molecule has 0 atom stereocenters. The van der Waals surface area contributed by atoms with E-state index in [9.17, 15) is 0 Å². The normalized spacial score (nSPS) is 10.4. The van der Waals surface area contributed by atoms with Gasteiger partial charge in [-0.25, -0.2) is 4.57 Å². The van der Waals surface area contributed by atoms with Gasteiger partial charge in [-0.05, 0) is 12.1 Å². The van der Waals surface area contributed by atoms with Crippen LogP contribution in [-0.4, -0.2) is 14.1 Å². The molecule has 0 aliphatic heterocycles. The molecular formula is C14H15BrClN2+. The van der Waals surface area contributed by atoms with Crippen LogP contribution in [0, 0.1) is 0 Å². The van der Waals surface area contributed by atoms with Crippen LogP contribution < -0.4 is 9.47 Å². The Labute approximate surface area is 121 Å². The van der Waals surface area contributed by atoms with Crippen molar-refractivity contribution in [3.8, 4) is 0 Å². The maximum absolute atomic E-state index is 5.93. The van der Waals surface area contributed by atoms with Crippen LogP contribution in [0.15, 0.2) is 47.2 Å². The van der Waals surface area contributed by atoms with Gasteiger partial charge in [-0.15, -0.1) is 0 Å². The highest BCUT2D eigenvalue weighted by Gasteiger charge is 2.07. The van der Waals surface area contributed by atoms with Crippen molar-refractivity contribution in [2.75, 3.05) is 19.0 Å². The van der Waals surface area contributed by atoms with Crippen molar-refractivity contribution in [1.29, 1.82) is 0 Å². The van der Waals surface area contributed by atoms with Crippen molar-refractivity contribution in [1.82, 2.24) is 0 Å². The quantitative estimate of drug-likeness (QED) is 0.783. The van der Waals surface area contributed by atoms with Crippen LogP contribution in [0.1, 0.15) is 5.56 Å². The number of hydrogen-bond donors (Lipinski definition) is 0. The van der Waals surface area contributed by atoms with E-state index in [1.54, 1.807) is 0 Å². The molecule has 2 rings (SSSR count). The van der Waals surface area contributed by atoms with E-state index in [0.29, 0.717) is 0 Å². The Bertz CT molecular complexity index is 538. The summed E-state index contributed by atoms with van der Waals surface area (Å²) in [5.41, 5.74) is 2.41. The van der Waals surface area contributed by atoms with Gasteiger partial charge in [0.15, 0.2) is 18.9 Å². The number of hydrogen-bond acceptors (Lipinski definition) is 1. The Balaban J connectivity index is 2.18. The van der Waals surface area contributed by atoms with Crippen molar-refractivity contribution in [3.63, 3.8) is 0 Å². The molecule has 0 aliphatic rings. The molecule has 1 aromatic carbocycles. The first-order chi connectivity index (χ1) is 8.56. The number of halogens is 2. The monoisotopic (exact) mass is 325 g/mol. The molecule has 1 heterocycles. The molecule has 0 saturated heterocycles. The Morgan fingerprint density at radius 1 is 1.17 bits per heavy atom. The lowest BCUT2D eigenvalue weighted by molar-refractivity contribution is -0.688. The molecule has 0 spiro atoms. The van der Waals surface area contributed by atoms with Gasteiger partial charge in [-0.1, -0.05) is 33.6 Å². The molecule has 0 amide bonds. The Morgan fingerprint density at radius 3 is 2.39 bits per heavy atom. The van der Waals surface area contributed by atoms with Crippen LogP contribution in [0.2, 0.25) is 5.02 Å². The van der Waals surface area contributed by atoms with Gasteiger partial charge in [-0.2, -0.15) is 0 Å². The van der Waals surface area contributed by atoms with E-state index in [2.05, 4.69) is 49.9 Å². The van der Waals surface area contributed by atoms with E-state index in [1.807, 2.05) is 32.3 Å². The van der Waals surface area contributed by atoms with Gasteiger partial charge < -0.3 is 4.90 Å². The predicted molar refractivity (Wildman–Crippen MR) is 79.2 cm³/mol. The number of nitrogens with zero attached hydrogens (tertiary/aromatic N) is 2. The summed E-state index contributed by atoms with van der Waals surface area (Å²) in [7, 11) is 4.07. The second-order valence-electron chi connectivity index (χ2n) is 4.36. The average molecular weight is 327 g/mol. The van der Waals surface area contributed by atoms with Crippen molar-refractivity contribution < 1.29 is 4.57 Å². The van der Waals surface area contributed by atoms with Crippen LogP contribution >= 0.6 is 27.5 Å². The molecule has 0 N–H and O–H groups in total. The SMILES string of the molecule is CN(C)c1cc[n+](Cc2ccc(Cl)cc2Br)cc1. The topological polar surface area (TPSA) is 7.12 Å². The van der Waals surface area contributed by atoms with E-state index in [4.69, 9.17) is 11.6 Å². The molecule has 2 nitrogen and oxygen atoms in total. The van der Waals surface area contributed by atoms with E-state index < -0.39 is 0 Å². The van der Waals surface area contributed by atoms with Crippen LogP contribution in [0.5, 0.6) is 0 Å². The number of rotatable bonds is 3. The maximum Gasteiger partial charge on any atom is 0.174 e. The molecular weight excluding hydrogens is 312 g/mol. The summed E-state index contributed by atoms with van der Waals surface area (Å²) in [5, 5.41) is 0.749. The van der Waals surface area contributed by atoms with E-state index in [0.717, 1.165) is 16.0 Å². The molecule has 18 heavy (non-hydrogen) atoms. The van der Waals surface area contributed by atoms with E-state index >= 15 is 0 Å². The number of anilines is 1. The lowest BCUT2D eigenvalue weighted by atomic mass is 10.2. The molecule has 0 radical (unpaired) electrons. The molecule has 0 fully saturated rings. The summed E-state index contributed by atoms with van der Waals surface area (Å²) < 4.78 is 3.18. The summed E-state index contributed by atoms with van der Waals surface area (Å²) in [6.07, 6.45) is 4.16. The third kappa shape index (κ3) is 3.24. The molecule has 94 valence electrons. The first-order valence-electron chi connectivity index (χ1n) is 5.66. The molecule has 1 aromatic heterocycles. The van der Waals surface area contributed by atoms with Crippen LogP contribution in [0.3, 0.4) is 0 Å². The summed E-state index contributed by atoms with van der Waals surface area (Å²) in [5.74, 6) is 0. The van der Waals surface area contributed by atoms with E-state index in [-0.39, 0.29) is 0 Å². The molecule has 4 heteroatoms. The Kier molecular flexibility index (Phi) is 4.25. The second kappa shape index (κ2) is 5.72. The molecule has 0 saturated carbocycles. The molecule has 0 bridgehead atoms. The van der Waals surface area contributed by atoms with Crippen molar-refractivity contribution in [2.45, 2.75) is 6.54 Å². The van der Waals surface area contributed by atoms with Crippen LogP contribution in [0.4, 0.5) is 5.69 Å². The Morgan fingerprint density at radius 2 is 1.83 bits per heavy atom. The molecule has 0 unspecified atom stereocenters. The maximum atomic E-state index is 5.93. The van der Waals surface area contributed by atoms with Gasteiger partial charge >= 0.3 is 0 Å². The number of aromatic nitrogens is 1. The summed E-state index contributed by atoms with van der Waals surface area (Å²) in [6, 6.07) is 10.1. The second-order valence-corrected chi connectivity index (χ2v) is 5.65. The third-order valence-electron chi connectivity index (χ3n) is 2.76.